The topological polar surface area (TPSA) is 95.8 Å². The van der Waals surface area contributed by atoms with Gasteiger partial charge in [-0.05, 0) is 38.1 Å². The predicted molar refractivity (Wildman–Crippen MR) is 143 cm³/mol. The SMILES string of the molecule is CC(C)N1CCOc2c(F)cc(-c3cn(C)c(Nc4ccc(N5CCN(S(C)(=O)=O)CC5)cn4)n3)cc21. The first kappa shape index (κ1) is 25.3. The van der Waals surface area contributed by atoms with Gasteiger partial charge in [0.05, 0.1) is 36.1 Å². The summed E-state index contributed by atoms with van der Waals surface area (Å²) in [5, 5.41) is 3.23. The van der Waals surface area contributed by atoms with E-state index in [0.717, 1.165) is 11.4 Å². The third kappa shape index (κ3) is 5.21. The predicted octanol–water partition coefficient (Wildman–Crippen LogP) is 3.05. The fourth-order valence-electron chi connectivity index (χ4n) is 4.75. The molecule has 0 unspecified atom stereocenters. The highest BCUT2D eigenvalue weighted by Gasteiger charge is 2.26. The first-order valence-electron chi connectivity index (χ1n) is 12.3. The number of aromatic nitrogens is 3. The van der Waals surface area contributed by atoms with E-state index in [0.29, 0.717) is 68.1 Å². The fraction of sp³-hybridized carbons (Fsp3) is 0.440. The fourth-order valence-corrected chi connectivity index (χ4v) is 5.57. The number of aryl methyl sites for hydroxylation is 1. The van der Waals surface area contributed by atoms with Crippen LogP contribution >= 0.6 is 0 Å². The van der Waals surface area contributed by atoms with Gasteiger partial charge in [0.2, 0.25) is 16.0 Å². The van der Waals surface area contributed by atoms with E-state index < -0.39 is 15.8 Å². The number of imidazole rings is 1. The van der Waals surface area contributed by atoms with Gasteiger partial charge >= 0.3 is 0 Å². The molecule has 198 valence electrons. The number of hydrogen-bond donors (Lipinski definition) is 1. The maximum absolute atomic E-state index is 14.9. The van der Waals surface area contributed by atoms with Crippen LogP contribution in [0.1, 0.15) is 13.8 Å². The Morgan fingerprint density at radius 3 is 2.51 bits per heavy atom. The number of sulfonamides is 1. The summed E-state index contributed by atoms with van der Waals surface area (Å²) in [6.45, 7) is 7.46. The van der Waals surface area contributed by atoms with Gasteiger partial charge in [0, 0.05) is 51.0 Å². The minimum atomic E-state index is -3.17. The van der Waals surface area contributed by atoms with E-state index >= 15 is 0 Å². The van der Waals surface area contributed by atoms with E-state index in [1.807, 2.05) is 36.0 Å². The minimum Gasteiger partial charge on any atom is -0.486 e. The van der Waals surface area contributed by atoms with Crippen molar-refractivity contribution in [2.45, 2.75) is 19.9 Å². The first-order valence-corrected chi connectivity index (χ1v) is 14.1. The molecule has 0 aliphatic carbocycles. The molecule has 4 heterocycles. The molecule has 0 radical (unpaired) electrons. The number of ether oxygens (including phenoxy) is 1. The van der Waals surface area contributed by atoms with E-state index in [9.17, 15) is 12.8 Å². The van der Waals surface area contributed by atoms with Crippen molar-refractivity contribution in [3.63, 3.8) is 0 Å². The Morgan fingerprint density at radius 2 is 1.86 bits per heavy atom. The lowest BCUT2D eigenvalue weighted by atomic mass is 10.1. The van der Waals surface area contributed by atoms with Crippen LogP contribution in [0, 0.1) is 5.82 Å². The van der Waals surface area contributed by atoms with Crippen molar-refractivity contribution in [3.05, 3.63) is 42.5 Å². The molecule has 2 aliphatic heterocycles. The highest BCUT2D eigenvalue weighted by molar-refractivity contribution is 7.88. The Hall–Kier alpha value is -3.38. The highest BCUT2D eigenvalue weighted by Crippen LogP contribution is 2.39. The maximum Gasteiger partial charge on any atom is 0.211 e. The summed E-state index contributed by atoms with van der Waals surface area (Å²) in [5.74, 6) is 1.09. The Morgan fingerprint density at radius 1 is 1.11 bits per heavy atom. The van der Waals surface area contributed by atoms with Crippen molar-refractivity contribution in [1.82, 2.24) is 18.8 Å². The number of pyridine rings is 1. The second-order valence-electron chi connectivity index (χ2n) is 9.68. The molecule has 37 heavy (non-hydrogen) atoms. The lowest BCUT2D eigenvalue weighted by Crippen LogP contribution is -2.48. The van der Waals surface area contributed by atoms with Crippen LogP contribution in [0.4, 0.5) is 27.5 Å². The average Bonchev–Trinajstić information content (AvgIpc) is 3.23. The van der Waals surface area contributed by atoms with Crippen molar-refractivity contribution in [2.24, 2.45) is 7.05 Å². The summed E-state index contributed by atoms with van der Waals surface area (Å²) in [4.78, 5) is 13.5. The van der Waals surface area contributed by atoms with Gasteiger partial charge < -0.3 is 24.4 Å². The van der Waals surface area contributed by atoms with Gasteiger partial charge in [-0.25, -0.2) is 22.8 Å². The second-order valence-corrected chi connectivity index (χ2v) is 11.7. The van der Waals surface area contributed by atoms with Gasteiger partial charge in [-0.2, -0.15) is 4.31 Å². The second kappa shape index (κ2) is 9.82. The van der Waals surface area contributed by atoms with E-state index in [4.69, 9.17) is 9.72 Å². The molecule has 10 nitrogen and oxygen atoms in total. The molecule has 2 aromatic heterocycles. The number of nitrogens with zero attached hydrogens (tertiary/aromatic N) is 6. The van der Waals surface area contributed by atoms with Crippen LogP contribution in [0.3, 0.4) is 0 Å². The molecule has 1 aromatic carbocycles. The number of hydrogen-bond acceptors (Lipinski definition) is 8. The van der Waals surface area contributed by atoms with Gasteiger partial charge in [0.15, 0.2) is 11.6 Å². The number of anilines is 4. The average molecular weight is 530 g/mol. The van der Waals surface area contributed by atoms with Crippen LogP contribution < -0.4 is 19.9 Å². The number of fused-ring (bicyclic) bond motifs is 1. The number of rotatable bonds is 6. The molecule has 3 aromatic rings. The quantitative estimate of drug-likeness (QED) is 0.521. The first-order chi connectivity index (χ1) is 17.6. The van der Waals surface area contributed by atoms with Crippen LogP contribution in [-0.2, 0) is 17.1 Å². The summed E-state index contributed by atoms with van der Waals surface area (Å²) >= 11 is 0. The minimum absolute atomic E-state index is 0.218. The van der Waals surface area contributed by atoms with E-state index in [1.165, 1.54) is 16.6 Å². The normalized spacial score (nSPS) is 16.6. The molecule has 0 amide bonds. The Balaban J connectivity index is 1.31. The van der Waals surface area contributed by atoms with Crippen molar-refractivity contribution < 1.29 is 17.5 Å². The molecular formula is C25H32FN7O3S. The Labute approximate surface area is 216 Å². The molecule has 2 aliphatic rings. The number of benzene rings is 1. The van der Waals surface area contributed by atoms with Gasteiger partial charge in [-0.1, -0.05) is 0 Å². The molecule has 0 saturated carbocycles. The largest absolute Gasteiger partial charge is 0.486 e. The molecular weight excluding hydrogens is 497 g/mol. The van der Waals surface area contributed by atoms with Crippen LogP contribution in [0.2, 0.25) is 0 Å². The van der Waals surface area contributed by atoms with Crippen LogP contribution in [0.25, 0.3) is 11.3 Å². The van der Waals surface area contributed by atoms with E-state index in [1.54, 1.807) is 6.20 Å². The zero-order valence-corrected chi connectivity index (χ0v) is 22.3. The third-order valence-corrected chi connectivity index (χ3v) is 8.07. The molecule has 5 rings (SSSR count). The summed E-state index contributed by atoms with van der Waals surface area (Å²) < 4.78 is 47.4. The summed E-state index contributed by atoms with van der Waals surface area (Å²) in [6, 6.07) is 7.43. The summed E-state index contributed by atoms with van der Waals surface area (Å²) in [6.07, 6.45) is 4.86. The molecule has 0 bridgehead atoms. The summed E-state index contributed by atoms with van der Waals surface area (Å²) in [5.41, 5.74) is 2.99. The number of nitrogens with one attached hydrogen (secondary N) is 1. The van der Waals surface area contributed by atoms with Gasteiger partial charge in [-0.3, -0.25) is 0 Å². The summed E-state index contributed by atoms with van der Waals surface area (Å²) in [7, 11) is -1.30. The zero-order chi connectivity index (χ0) is 26.3. The van der Waals surface area contributed by atoms with E-state index in [-0.39, 0.29) is 6.04 Å². The Kier molecular flexibility index (Phi) is 6.71. The van der Waals surface area contributed by atoms with Crippen molar-refractivity contribution >= 4 is 33.2 Å². The highest BCUT2D eigenvalue weighted by atomic mass is 32.2. The molecule has 1 saturated heterocycles. The lowest BCUT2D eigenvalue weighted by molar-refractivity contribution is 0.287. The number of piperazine rings is 1. The van der Waals surface area contributed by atoms with E-state index in [2.05, 4.69) is 33.9 Å². The van der Waals surface area contributed by atoms with Gasteiger partial charge in [-0.15, -0.1) is 0 Å². The smallest absolute Gasteiger partial charge is 0.211 e. The molecule has 0 atom stereocenters. The molecule has 0 spiro atoms. The van der Waals surface area contributed by atoms with Crippen LogP contribution in [-0.4, -0.2) is 78.9 Å². The van der Waals surface area contributed by atoms with Crippen molar-refractivity contribution in [2.75, 3.05) is 60.7 Å². The van der Waals surface area contributed by atoms with Gasteiger partial charge in [0.25, 0.3) is 0 Å². The van der Waals surface area contributed by atoms with Gasteiger partial charge in [0.1, 0.15) is 12.4 Å². The lowest BCUT2D eigenvalue weighted by Gasteiger charge is -2.34. The Bertz CT molecular complexity index is 1380. The molecule has 1 fully saturated rings. The van der Waals surface area contributed by atoms with Crippen LogP contribution in [0.5, 0.6) is 5.75 Å². The third-order valence-electron chi connectivity index (χ3n) is 6.77. The number of halogens is 1. The molecule has 12 heteroatoms. The standard InChI is InChI=1S/C25H32FN7O3S/c1-17(2)33-11-12-36-24-20(26)13-18(14-22(24)33)21-16-30(3)25(28-21)29-23-6-5-19(15-27-23)31-7-9-32(10-8-31)37(4,34)35/h5-6,13-17H,7-12H2,1-4H3,(H,27,28,29). The van der Waals surface area contributed by atoms with Crippen LogP contribution in [0.15, 0.2) is 36.7 Å². The zero-order valence-electron chi connectivity index (χ0n) is 21.5. The maximum atomic E-state index is 14.9. The molecule has 1 N–H and O–H groups in total. The van der Waals surface area contributed by atoms with Crippen molar-refractivity contribution in [1.29, 1.82) is 0 Å². The van der Waals surface area contributed by atoms with Crippen molar-refractivity contribution in [3.8, 4) is 17.0 Å². The monoisotopic (exact) mass is 529 g/mol.